The number of carbonyl (C=O) groups excluding carboxylic acids is 1. The highest BCUT2D eigenvalue weighted by molar-refractivity contribution is 7.84. The summed E-state index contributed by atoms with van der Waals surface area (Å²) in [5.41, 5.74) is 1.27. The van der Waals surface area contributed by atoms with Crippen LogP contribution in [0.4, 0.5) is 18.9 Å². The molecule has 6 nitrogen and oxygen atoms in total. The lowest BCUT2D eigenvalue weighted by Gasteiger charge is -2.24. The van der Waals surface area contributed by atoms with Gasteiger partial charge in [0.15, 0.2) is 0 Å². The van der Waals surface area contributed by atoms with E-state index in [-0.39, 0.29) is 23.1 Å². The fourth-order valence-electron chi connectivity index (χ4n) is 3.03. The van der Waals surface area contributed by atoms with Crippen LogP contribution in [0.15, 0.2) is 60.1 Å². The van der Waals surface area contributed by atoms with Gasteiger partial charge in [-0.25, -0.2) is 9.97 Å². The summed E-state index contributed by atoms with van der Waals surface area (Å²) in [4.78, 5) is 20.9. The van der Waals surface area contributed by atoms with Crippen molar-refractivity contribution < 1.29 is 22.2 Å². The zero-order chi connectivity index (χ0) is 21.9. The molecule has 2 heterocycles. The summed E-state index contributed by atoms with van der Waals surface area (Å²) in [7, 11) is -1.69. The molecule has 1 unspecified atom stereocenters. The molecule has 0 saturated heterocycles. The molecule has 158 valence electrons. The SMILES string of the molecule is CCN(C(=O)C(F)(F)F)c1ccccc1CS(=O)c1nccn1-c1ncccc1C. The van der Waals surface area contributed by atoms with Crippen molar-refractivity contribution in [2.24, 2.45) is 0 Å². The van der Waals surface area contributed by atoms with Crippen molar-refractivity contribution in [1.29, 1.82) is 0 Å². The number of pyridine rings is 1. The molecule has 0 aliphatic heterocycles. The van der Waals surface area contributed by atoms with Crippen LogP contribution in [0.3, 0.4) is 0 Å². The molecule has 10 heteroatoms. The van der Waals surface area contributed by atoms with E-state index in [4.69, 9.17) is 0 Å². The van der Waals surface area contributed by atoms with E-state index >= 15 is 0 Å². The minimum absolute atomic E-state index is 0.0720. The number of nitrogens with zero attached hydrogens (tertiary/aromatic N) is 4. The Hall–Kier alpha value is -3.01. The Morgan fingerprint density at radius 3 is 2.53 bits per heavy atom. The third-order valence-electron chi connectivity index (χ3n) is 4.39. The molecular formula is C20H19F3N4O2S. The van der Waals surface area contributed by atoms with Gasteiger partial charge >= 0.3 is 12.1 Å². The maximum Gasteiger partial charge on any atom is 0.471 e. The monoisotopic (exact) mass is 436 g/mol. The van der Waals surface area contributed by atoms with E-state index in [1.165, 1.54) is 25.3 Å². The number of imidazole rings is 1. The van der Waals surface area contributed by atoms with Crippen LogP contribution in [0.25, 0.3) is 5.82 Å². The summed E-state index contributed by atoms with van der Waals surface area (Å²) in [6, 6.07) is 9.75. The lowest BCUT2D eigenvalue weighted by molar-refractivity contribution is -0.170. The predicted octanol–water partition coefficient (Wildman–Crippen LogP) is 3.80. The second-order valence-electron chi connectivity index (χ2n) is 6.39. The predicted molar refractivity (Wildman–Crippen MR) is 107 cm³/mol. The first-order chi connectivity index (χ1) is 14.2. The molecule has 0 radical (unpaired) electrons. The highest BCUT2D eigenvalue weighted by Crippen LogP contribution is 2.28. The first-order valence-electron chi connectivity index (χ1n) is 9.04. The highest BCUT2D eigenvalue weighted by atomic mass is 32.2. The third-order valence-corrected chi connectivity index (χ3v) is 5.68. The average Bonchev–Trinajstić information content (AvgIpc) is 3.19. The fraction of sp³-hybridized carbons (Fsp3) is 0.250. The summed E-state index contributed by atoms with van der Waals surface area (Å²) in [6.07, 6.45) is -0.292. The Kier molecular flexibility index (Phi) is 6.35. The number of anilines is 1. The van der Waals surface area contributed by atoms with Gasteiger partial charge in [0.2, 0.25) is 5.16 Å². The second kappa shape index (κ2) is 8.78. The fourth-order valence-corrected chi connectivity index (χ4v) is 4.23. The van der Waals surface area contributed by atoms with Gasteiger partial charge in [-0.1, -0.05) is 24.3 Å². The standard InChI is InChI=1S/C20H19F3N4O2S/c1-3-26(18(28)20(21,22)23)16-9-5-4-8-15(16)13-30(29)19-25-11-12-27(19)17-14(2)7-6-10-24-17/h4-12H,3,13H2,1-2H3. The highest BCUT2D eigenvalue weighted by Gasteiger charge is 2.43. The number of halogens is 3. The van der Waals surface area contributed by atoms with Crippen molar-refractivity contribution in [2.75, 3.05) is 11.4 Å². The lowest BCUT2D eigenvalue weighted by atomic mass is 10.1. The van der Waals surface area contributed by atoms with Gasteiger partial charge in [-0.05, 0) is 37.1 Å². The van der Waals surface area contributed by atoms with Gasteiger partial charge in [-0.15, -0.1) is 0 Å². The Balaban J connectivity index is 1.94. The number of aryl methyl sites for hydroxylation is 1. The largest absolute Gasteiger partial charge is 0.471 e. The van der Waals surface area contributed by atoms with Crippen molar-refractivity contribution in [3.8, 4) is 5.82 Å². The van der Waals surface area contributed by atoms with Crippen LogP contribution in [0.5, 0.6) is 0 Å². The van der Waals surface area contributed by atoms with E-state index in [1.54, 1.807) is 35.2 Å². The molecule has 0 aliphatic carbocycles. The third kappa shape index (κ3) is 4.43. The molecule has 2 aromatic heterocycles. The molecule has 0 fully saturated rings. The zero-order valence-electron chi connectivity index (χ0n) is 16.3. The van der Waals surface area contributed by atoms with Gasteiger partial charge < -0.3 is 4.90 Å². The molecule has 1 amide bonds. The zero-order valence-corrected chi connectivity index (χ0v) is 17.1. The van der Waals surface area contributed by atoms with Crippen LogP contribution in [-0.4, -0.2) is 37.4 Å². The van der Waals surface area contributed by atoms with Gasteiger partial charge in [0.05, 0.1) is 16.6 Å². The number of alkyl halides is 3. The van der Waals surface area contributed by atoms with Crippen molar-refractivity contribution in [3.05, 3.63) is 66.1 Å². The Labute approximate surface area is 173 Å². The molecule has 1 atom stereocenters. The number of para-hydroxylation sites is 1. The quantitative estimate of drug-likeness (QED) is 0.590. The van der Waals surface area contributed by atoms with E-state index in [0.29, 0.717) is 16.3 Å². The number of hydrogen-bond donors (Lipinski definition) is 0. The minimum atomic E-state index is -5.00. The molecule has 0 aliphatic rings. The summed E-state index contributed by atoms with van der Waals surface area (Å²) >= 11 is 0. The molecule has 0 spiro atoms. The summed E-state index contributed by atoms with van der Waals surface area (Å²) < 4.78 is 53.7. The maximum atomic E-state index is 13.1. The molecule has 30 heavy (non-hydrogen) atoms. The first-order valence-corrected chi connectivity index (χ1v) is 10.4. The molecule has 1 aromatic carbocycles. The number of benzene rings is 1. The summed E-state index contributed by atoms with van der Waals surface area (Å²) in [5.74, 6) is -1.51. The second-order valence-corrected chi connectivity index (χ2v) is 7.73. The number of aromatic nitrogens is 3. The molecular weight excluding hydrogens is 417 g/mol. The van der Waals surface area contributed by atoms with Crippen LogP contribution in [-0.2, 0) is 21.3 Å². The van der Waals surface area contributed by atoms with Gasteiger partial charge in [-0.3, -0.25) is 13.6 Å². The van der Waals surface area contributed by atoms with E-state index in [9.17, 15) is 22.2 Å². The normalized spacial score (nSPS) is 12.6. The smallest absolute Gasteiger partial charge is 0.305 e. The number of carbonyl (C=O) groups is 1. The molecule has 0 bridgehead atoms. The topological polar surface area (TPSA) is 68.1 Å². The summed E-state index contributed by atoms with van der Waals surface area (Å²) in [5, 5.41) is 0.219. The van der Waals surface area contributed by atoms with Crippen LogP contribution in [0.2, 0.25) is 0 Å². The average molecular weight is 436 g/mol. The molecule has 0 saturated carbocycles. The molecule has 3 rings (SSSR count). The van der Waals surface area contributed by atoms with Crippen LogP contribution >= 0.6 is 0 Å². The summed E-state index contributed by atoms with van der Waals surface area (Å²) in [6.45, 7) is 3.13. The first kappa shape index (κ1) is 21.7. The van der Waals surface area contributed by atoms with E-state index in [2.05, 4.69) is 9.97 Å². The molecule has 3 aromatic rings. The number of amides is 1. The van der Waals surface area contributed by atoms with E-state index in [0.717, 1.165) is 5.56 Å². The van der Waals surface area contributed by atoms with Crippen molar-refractivity contribution in [3.63, 3.8) is 0 Å². The Bertz CT molecular complexity index is 1080. The van der Waals surface area contributed by atoms with E-state index < -0.39 is 22.9 Å². The van der Waals surface area contributed by atoms with Crippen LogP contribution < -0.4 is 4.90 Å². The number of rotatable bonds is 6. The van der Waals surface area contributed by atoms with Crippen molar-refractivity contribution in [2.45, 2.75) is 30.9 Å². The van der Waals surface area contributed by atoms with Crippen LogP contribution in [0.1, 0.15) is 18.1 Å². The van der Waals surface area contributed by atoms with E-state index in [1.807, 2.05) is 13.0 Å². The Morgan fingerprint density at radius 2 is 1.87 bits per heavy atom. The lowest BCUT2D eigenvalue weighted by Crippen LogP contribution is -2.41. The molecule has 0 N–H and O–H groups in total. The number of hydrogen-bond acceptors (Lipinski definition) is 4. The van der Waals surface area contributed by atoms with Gasteiger partial charge in [0.1, 0.15) is 5.82 Å². The van der Waals surface area contributed by atoms with Crippen LogP contribution in [0, 0.1) is 6.92 Å². The Morgan fingerprint density at radius 1 is 1.13 bits per heavy atom. The minimum Gasteiger partial charge on any atom is -0.305 e. The van der Waals surface area contributed by atoms with Gasteiger partial charge in [0.25, 0.3) is 0 Å². The van der Waals surface area contributed by atoms with Crippen molar-refractivity contribution in [1.82, 2.24) is 14.5 Å². The van der Waals surface area contributed by atoms with Crippen molar-refractivity contribution >= 4 is 22.4 Å². The van der Waals surface area contributed by atoms with Gasteiger partial charge in [0, 0.05) is 30.8 Å². The van der Waals surface area contributed by atoms with Gasteiger partial charge in [-0.2, -0.15) is 13.2 Å². The maximum absolute atomic E-state index is 13.1.